The molecule has 6 heteroatoms. The number of rotatable bonds is 4. The summed E-state index contributed by atoms with van der Waals surface area (Å²) in [6.45, 7) is 8.94. The first-order valence-electron chi connectivity index (χ1n) is 8.20. The Kier molecular flexibility index (Phi) is 4.85. The van der Waals surface area contributed by atoms with Gasteiger partial charge in [-0.2, -0.15) is 0 Å². The van der Waals surface area contributed by atoms with Crippen LogP contribution in [0.1, 0.15) is 32.9 Å². The van der Waals surface area contributed by atoms with E-state index in [0.717, 1.165) is 33.8 Å². The van der Waals surface area contributed by atoms with Crippen LogP contribution in [0, 0.1) is 20.8 Å². The fraction of sp³-hybridized carbons (Fsp3) is 0.444. The summed E-state index contributed by atoms with van der Waals surface area (Å²) in [5.41, 5.74) is 4.59. The predicted molar refractivity (Wildman–Crippen MR) is 91.2 cm³/mol. The molecule has 0 atom stereocenters. The van der Waals surface area contributed by atoms with Crippen molar-refractivity contribution in [2.45, 2.75) is 27.3 Å². The minimum atomic E-state index is 0.0665. The van der Waals surface area contributed by atoms with Crippen LogP contribution in [0.25, 0.3) is 0 Å². The van der Waals surface area contributed by atoms with Gasteiger partial charge in [0.15, 0.2) is 0 Å². The van der Waals surface area contributed by atoms with Crippen LogP contribution in [0.15, 0.2) is 22.7 Å². The minimum absolute atomic E-state index is 0.0665. The average molecular weight is 329 g/mol. The lowest BCUT2D eigenvalue weighted by Crippen LogP contribution is -2.41. The van der Waals surface area contributed by atoms with Crippen LogP contribution >= 0.6 is 0 Å². The number of nitrogens with one attached hydrogen (secondary N) is 1. The SMILES string of the molecule is Cc1noc(C)c1CNc1cccc(C(=O)N2CCOCC2)c1C. The number of benzene rings is 1. The van der Waals surface area contributed by atoms with Gasteiger partial charge in [-0.1, -0.05) is 11.2 Å². The molecule has 0 unspecified atom stereocenters. The van der Waals surface area contributed by atoms with Crippen LogP contribution < -0.4 is 5.32 Å². The average Bonchev–Trinajstić information content (AvgIpc) is 2.92. The first-order valence-corrected chi connectivity index (χ1v) is 8.20. The van der Waals surface area contributed by atoms with E-state index in [-0.39, 0.29) is 5.91 Å². The van der Waals surface area contributed by atoms with Gasteiger partial charge >= 0.3 is 0 Å². The zero-order valence-corrected chi connectivity index (χ0v) is 14.4. The van der Waals surface area contributed by atoms with Crippen molar-refractivity contribution in [1.82, 2.24) is 10.1 Å². The number of amides is 1. The third kappa shape index (κ3) is 3.28. The number of hydrogen-bond acceptors (Lipinski definition) is 5. The van der Waals surface area contributed by atoms with E-state index in [1.165, 1.54) is 0 Å². The van der Waals surface area contributed by atoms with E-state index in [0.29, 0.717) is 32.8 Å². The summed E-state index contributed by atoms with van der Waals surface area (Å²) in [7, 11) is 0. The number of aryl methyl sites for hydroxylation is 2. The van der Waals surface area contributed by atoms with Gasteiger partial charge in [-0.15, -0.1) is 0 Å². The van der Waals surface area contributed by atoms with Gasteiger partial charge in [0.1, 0.15) is 5.76 Å². The Morgan fingerprint density at radius 3 is 2.67 bits per heavy atom. The number of carbonyl (C=O) groups excluding carboxylic acids is 1. The highest BCUT2D eigenvalue weighted by Gasteiger charge is 2.21. The molecule has 6 nitrogen and oxygen atoms in total. The fourth-order valence-corrected chi connectivity index (χ4v) is 2.93. The molecule has 0 radical (unpaired) electrons. The van der Waals surface area contributed by atoms with E-state index in [2.05, 4.69) is 10.5 Å². The van der Waals surface area contributed by atoms with Crippen LogP contribution in [0.3, 0.4) is 0 Å². The molecule has 1 amide bonds. The highest BCUT2D eigenvalue weighted by molar-refractivity contribution is 5.97. The molecule has 0 bridgehead atoms. The smallest absolute Gasteiger partial charge is 0.254 e. The van der Waals surface area contributed by atoms with Crippen molar-refractivity contribution in [3.63, 3.8) is 0 Å². The number of ether oxygens (including phenoxy) is 1. The van der Waals surface area contributed by atoms with Crippen LogP contribution in [0.4, 0.5) is 5.69 Å². The van der Waals surface area contributed by atoms with Crippen LogP contribution in [0.2, 0.25) is 0 Å². The Balaban J connectivity index is 1.76. The molecule has 1 aromatic carbocycles. The molecule has 0 saturated carbocycles. The van der Waals surface area contributed by atoms with Gasteiger partial charge < -0.3 is 19.5 Å². The van der Waals surface area contributed by atoms with Gasteiger partial charge in [-0.05, 0) is 38.5 Å². The number of aromatic nitrogens is 1. The molecule has 1 N–H and O–H groups in total. The second-order valence-electron chi connectivity index (χ2n) is 6.04. The molecule has 1 aliphatic heterocycles. The Morgan fingerprint density at radius 2 is 2.00 bits per heavy atom. The van der Waals surface area contributed by atoms with Crippen molar-refractivity contribution < 1.29 is 14.1 Å². The second-order valence-corrected chi connectivity index (χ2v) is 6.04. The van der Waals surface area contributed by atoms with E-state index < -0.39 is 0 Å². The van der Waals surface area contributed by atoms with Crippen LogP contribution in [-0.2, 0) is 11.3 Å². The maximum atomic E-state index is 12.7. The van der Waals surface area contributed by atoms with Gasteiger partial charge in [0.25, 0.3) is 5.91 Å². The van der Waals surface area contributed by atoms with E-state index >= 15 is 0 Å². The van der Waals surface area contributed by atoms with Crippen molar-refractivity contribution in [3.05, 3.63) is 46.3 Å². The summed E-state index contributed by atoms with van der Waals surface area (Å²) >= 11 is 0. The molecule has 3 rings (SSSR count). The van der Waals surface area contributed by atoms with Crippen molar-refractivity contribution in [1.29, 1.82) is 0 Å². The first kappa shape index (κ1) is 16.5. The Labute approximate surface area is 141 Å². The largest absolute Gasteiger partial charge is 0.381 e. The fourth-order valence-electron chi connectivity index (χ4n) is 2.93. The highest BCUT2D eigenvalue weighted by atomic mass is 16.5. The lowest BCUT2D eigenvalue weighted by molar-refractivity contribution is 0.0302. The molecular weight excluding hydrogens is 306 g/mol. The molecule has 2 aromatic rings. The zero-order chi connectivity index (χ0) is 17.1. The second kappa shape index (κ2) is 7.05. The molecule has 128 valence electrons. The van der Waals surface area contributed by atoms with Gasteiger partial charge in [-0.25, -0.2) is 0 Å². The van der Waals surface area contributed by atoms with E-state index in [1.807, 2.05) is 43.9 Å². The van der Waals surface area contributed by atoms with Gasteiger partial charge in [0.2, 0.25) is 0 Å². The van der Waals surface area contributed by atoms with E-state index in [1.54, 1.807) is 0 Å². The monoisotopic (exact) mass is 329 g/mol. The quantitative estimate of drug-likeness (QED) is 0.934. The summed E-state index contributed by atoms with van der Waals surface area (Å²) < 4.78 is 10.5. The summed E-state index contributed by atoms with van der Waals surface area (Å²) in [6, 6.07) is 5.79. The van der Waals surface area contributed by atoms with Crippen molar-refractivity contribution in [2.24, 2.45) is 0 Å². The lowest BCUT2D eigenvalue weighted by atomic mass is 10.0. The third-order valence-corrected chi connectivity index (χ3v) is 4.50. The molecular formula is C18H23N3O3. The summed E-state index contributed by atoms with van der Waals surface area (Å²) in [4.78, 5) is 14.6. The normalized spacial score (nSPS) is 14.7. The highest BCUT2D eigenvalue weighted by Crippen LogP contribution is 2.22. The summed E-state index contributed by atoms with van der Waals surface area (Å²) in [5.74, 6) is 0.884. The number of anilines is 1. The standard InChI is InChI=1S/C18H23N3O3/c1-12-15(18(22)21-7-9-23-10-8-21)5-4-6-17(12)19-11-16-13(2)20-24-14(16)3/h4-6,19H,7-11H2,1-3H3. The number of morpholine rings is 1. The Morgan fingerprint density at radius 1 is 1.25 bits per heavy atom. The van der Waals surface area contributed by atoms with E-state index in [4.69, 9.17) is 9.26 Å². The van der Waals surface area contributed by atoms with Gasteiger partial charge in [0.05, 0.1) is 18.9 Å². The Bertz CT molecular complexity index is 714. The molecule has 0 spiro atoms. The number of hydrogen-bond donors (Lipinski definition) is 1. The molecule has 1 aromatic heterocycles. The van der Waals surface area contributed by atoms with E-state index in [9.17, 15) is 4.79 Å². The van der Waals surface area contributed by atoms with Gasteiger partial charge in [0, 0.05) is 36.4 Å². The molecule has 1 aliphatic rings. The minimum Gasteiger partial charge on any atom is -0.381 e. The summed E-state index contributed by atoms with van der Waals surface area (Å²) in [5, 5.41) is 7.37. The summed E-state index contributed by atoms with van der Waals surface area (Å²) in [6.07, 6.45) is 0. The molecule has 1 fully saturated rings. The first-order chi connectivity index (χ1) is 11.6. The van der Waals surface area contributed by atoms with Crippen LogP contribution in [-0.4, -0.2) is 42.3 Å². The maximum absolute atomic E-state index is 12.7. The van der Waals surface area contributed by atoms with Crippen molar-refractivity contribution >= 4 is 11.6 Å². The Hall–Kier alpha value is -2.34. The number of carbonyl (C=O) groups is 1. The number of nitrogens with zero attached hydrogens (tertiary/aromatic N) is 2. The predicted octanol–water partition coefficient (Wildman–Crippen LogP) is 2.68. The molecule has 24 heavy (non-hydrogen) atoms. The zero-order valence-electron chi connectivity index (χ0n) is 14.4. The molecule has 2 heterocycles. The van der Waals surface area contributed by atoms with Crippen molar-refractivity contribution in [3.8, 4) is 0 Å². The topological polar surface area (TPSA) is 67.6 Å². The van der Waals surface area contributed by atoms with Crippen LogP contribution in [0.5, 0.6) is 0 Å². The molecule has 1 saturated heterocycles. The maximum Gasteiger partial charge on any atom is 0.254 e. The molecule has 0 aliphatic carbocycles. The van der Waals surface area contributed by atoms with Crippen molar-refractivity contribution in [2.75, 3.05) is 31.6 Å². The third-order valence-electron chi connectivity index (χ3n) is 4.50. The van der Waals surface area contributed by atoms with Gasteiger partial charge in [-0.3, -0.25) is 4.79 Å². The lowest BCUT2D eigenvalue weighted by Gasteiger charge is -2.27.